The van der Waals surface area contributed by atoms with Gasteiger partial charge in [0, 0.05) is 28.2 Å². The molecule has 6 heteroatoms. The molecule has 1 heterocycles. The monoisotopic (exact) mass is 296 g/mol. The van der Waals surface area contributed by atoms with E-state index in [4.69, 9.17) is 5.11 Å². The third-order valence-electron chi connectivity index (χ3n) is 4.24. The highest BCUT2D eigenvalue weighted by molar-refractivity contribution is 8.00. The van der Waals surface area contributed by atoms with Crippen molar-refractivity contribution in [3.63, 3.8) is 0 Å². The first kappa shape index (κ1) is 15.1. The maximum absolute atomic E-state index is 12.1. The molecule has 0 atom stereocenters. The molecule has 5 nitrogen and oxygen atoms in total. The minimum Gasteiger partial charge on any atom is -0.481 e. The van der Waals surface area contributed by atoms with Crippen LogP contribution in [0.5, 0.6) is 0 Å². The number of aryl methyl sites for hydroxylation is 1. The molecule has 1 aromatic rings. The lowest BCUT2D eigenvalue weighted by molar-refractivity contribution is -0.136. The number of carboxylic acid groups (broad SMARTS) is 1. The third-order valence-corrected chi connectivity index (χ3v) is 5.65. The SMILES string of the molecule is CSC1(Cn2c(C)c(CC(=O)O)c(C)nc2=O)CCC1. The number of aromatic nitrogens is 2. The van der Waals surface area contributed by atoms with Crippen molar-refractivity contribution in [1.29, 1.82) is 0 Å². The number of aliphatic carboxylic acids is 1. The van der Waals surface area contributed by atoms with Crippen molar-refractivity contribution in [2.75, 3.05) is 6.26 Å². The van der Waals surface area contributed by atoms with Gasteiger partial charge in [0.1, 0.15) is 0 Å². The zero-order valence-electron chi connectivity index (χ0n) is 12.1. The summed E-state index contributed by atoms with van der Waals surface area (Å²) in [6.07, 6.45) is 5.37. The lowest BCUT2D eigenvalue weighted by atomic mass is 9.84. The van der Waals surface area contributed by atoms with Crippen molar-refractivity contribution < 1.29 is 9.90 Å². The first-order valence-electron chi connectivity index (χ1n) is 6.72. The number of carbonyl (C=O) groups is 1. The van der Waals surface area contributed by atoms with Gasteiger partial charge in [-0.05, 0) is 32.9 Å². The minimum atomic E-state index is -0.897. The maximum Gasteiger partial charge on any atom is 0.348 e. The van der Waals surface area contributed by atoms with Gasteiger partial charge in [0.2, 0.25) is 0 Å². The van der Waals surface area contributed by atoms with Crippen LogP contribution in [0.1, 0.15) is 36.2 Å². The molecule has 0 aliphatic heterocycles. The number of carboxylic acids is 1. The standard InChI is InChI=1S/C14H20N2O3S/c1-9-11(7-12(17)18)10(2)16(13(19)15-9)8-14(20-3)5-4-6-14/h4-8H2,1-3H3,(H,17,18). The predicted octanol–water partition coefficient (Wildman–Crippen LogP) is 1.77. The number of rotatable bonds is 5. The summed E-state index contributed by atoms with van der Waals surface area (Å²) in [5, 5.41) is 8.99. The molecule has 20 heavy (non-hydrogen) atoms. The lowest BCUT2D eigenvalue weighted by Gasteiger charge is -2.41. The summed E-state index contributed by atoms with van der Waals surface area (Å²) in [4.78, 5) is 27.1. The molecule has 1 aliphatic carbocycles. The molecule has 0 amide bonds. The van der Waals surface area contributed by atoms with E-state index >= 15 is 0 Å². The first-order chi connectivity index (χ1) is 9.38. The molecule has 2 rings (SSSR count). The molecule has 110 valence electrons. The van der Waals surface area contributed by atoms with Crippen molar-refractivity contribution in [3.05, 3.63) is 27.4 Å². The van der Waals surface area contributed by atoms with Gasteiger partial charge in [-0.25, -0.2) is 4.79 Å². The average molecular weight is 296 g/mol. The van der Waals surface area contributed by atoms with E-state index in [0.717, 1.165) is 18.5 Å². The van der Waals surface area contributed by atoms with Crippen LogP contribution in [0.3, 0.4) is 0 Å². The minimum absolute atomic E-state index is 0.0861. The van der Waals surface area contributed by atoms with Gasteiger partial charge >= 0.3 is 11.7 Å². The molecule has 1 aliphatic rings. The summed E-state index contributed by atoms with van der Waals surface area (Å²) < 4.78 is 1.77. The van der Waals surface area contributed by atoms with Gasteiger partial charge in [-0.15, -0.1) is 0 Å². The molecule has 0 unspecified atom stereocenters. The van der Waals surface area contributed by atoms with Gasteiger partial charge in [-0.2, -0.15) is 16.7 Å². The van der Waals surface area contributed by atoms with Crippen LogP contribution in [0.2, 0.25) is 0 Å². The van der Waals surface area contributed by atoms with E-state index in [2.05, 4.69) is 11.2 Å². The van der Waals surface area contributed by atoms with E-state index < -0.39 is 5.97 Å². The second-order valence-corrected chi connectivity index (χ2v) is 6.72. The van der Waals surface area contributed by atoms with E-state index in [-0.39, 0.29) is 16.9 Å². The van der Waals surface area contributed by atoms with E-state index in [0.29, 0.717) is 17.8 Å². The zero-order valence-corrected chi connectivity index (χ0v) is 12.9. The van der Waals surface area contributed by atoms with E-state index in [1.165, 1.54) is 6.42 Å². The Morgan fingerprint density at radius 1 is 1.45 bits per heavy atom. The highest BCUT2D eigenvalue weighted by Gasteiger charge is 2.37. The summed E-state index contributed by atoms with van der Waals surface area (Å²) in [6, 6.07) is 0. The molecule has 0 aromatic carbocycles. The van der Waals surface area contributed by atoms with Gasteiger partial charge in [0.25, 0.3) is 0 Å². The topological polar surface area (TPSA) is 72.2 Å². The van der Waals surface area contributed by atoms with Crippen LogP contribution in [-0.2, 0) is 17.8 Å². The van der Waals surface area contributed by atoms with Gasteiger partial charge in [-0.1, -0.05) is 6.42 Å². The van der Waals surface area contributed by atoms with Gasteiger partial charge in [0.15, 0.2) is 0 Å². The van der Waals surface area contributed by atoms with Gasteiger partial charge in [0.05, 0.1) is 6.42 Å². The molecule has 1 aromatic heterocycles. The molecule has 0 bridgehead atoms. The largest absolute Gasteiger partial charge is 0.481 e. The fourth-order valence-corrected chi connectivity index (χ4v) is 3.67. The predicted molar refractivity (Wildman–Crippen MR) is 79.4 cm³/mol. The van der Waals surface area contributed by atoms with E-state index in [9.17, 15) is 9.59 Å². The molecule has 1 fully saturated rings. The van der Waals surface area contributed by atoms with Crippen molar-refractivity contribution >= 4 is 17.7 Å². The van der Waals surface area contributed by atoms with Crippen LogP contribution >= 0.6 is 11.8 Å². The van der Waals surface area contributed by atoms with Crippen LogP contribution in [0.25, 0.3) is 0 Å². The summed E-state index contributed by atoms with van der Waals surface area (Å²) >= 11 is 1.79. The number of hydrogen-bond acceptors (Lipinski definition) is 4. The van der Waals surface area contributed by atoms with Crippen LogP contribution in [0, 0.1) is 13.8 Å². The van der Waals surface area contributed by atoms with Crippen molar-refractivity contribution in [3.8, 4) is 0 Å². The zero-order chi connectivity index (χ0) is 14.9. The Morgan fingerprint density at radius 2 is 2.10 bits per heavy atom. The fourth-order valence-electron chi connectivity index (χ4n) is 2.72. The van der Waals surface area contributed by atoms with Crippen LogP contribution in [0.15, 0.2) is 4.79 Å². The Labute approximate surface area is 122 Å². The van der Waals surface area contributed by atoms with Crippen LogP contribution in [0.4, 0.5) is 0 Å². The summed E-state index contributed by atoms with van der Waals surface area (Å²) in [5.41, 5.74) is 1.66. The van der Waals surface area contributed by atoms with Gasteiger partial charge < -0.3 is 5.11 Å². The summed E-state index contributed by atoms with van der Waals surface area (Å²) in [6.45, 7) is 4.14. The third kappa shape index (κ3) is 2.75. The average Bonchev–Trinajstić information content (AvgIpc) is 2.32. The Bertz CT molecular complexity index is 585. The van der Waals surface area contributed by atoms with Crippen molar-refractivity contribution in [2.45, 2.75) is 50.8 Å². The molecular formula is C14H20N2O3S. The Hall–Kier alpha value is -1.30. The van der Waals surface area contributed by atoms with Crippen molar-refractivity contribution in [2.24, 2.45) is 0 Å². The molecule has 0 spiro atoms. The molecular weight excluding hydrogens is 276 g/mol. The molecule has 1 saturated carbocycles. The quantitative estimate of drug-likeness (QED) is 0.896. The smallest absolute Gasteiger partial charge is 0.348 e. The van der Waals surface area contributed by atoms with Crippen molar-refractivity contribution in [1.82, 2.24) is 9.55 Å². The fraction of sp³-hybridized carbons (Fsp3) is 0.643. The second kappa shape index (κ2) is 5.60. The summed E-state index contributed by atoms with van der Waals surface area (Å²) in [5.74, 6) is -0.897. The molecule has 0 radical (unpaired) electrons. The molecule has 1 N–H and O–H groups in total. The van der Waals surface area contributed by atoms with Crippen LogP contribution < -0.4 is 5.69 Å². The lowest BCUT2D eigenvalue weighted by Crippen LogP contribution is -2.42. The van der Waals surface area contributed by atoms with Gasteiger partial charge in [-0.3, -0.25) is 9.36 Å². The van der Waals surface area contributed by atoms with Crippen LogP contribution in [-0.4, -0.2) is 31.6 Å². The Balaban J connectivity index is 2.42. The van der Waals surface area contributed by atoms with E-state index in [1.54, 1.807) is 23.3 Å². The highest BCUT2D eigenvalue weighted by atomic mass is 32.2. The Kier molecular flexibility index (Phi) is 4.22. The maximum atomic E-state index is 12.1. The number of thioether (sulfide) groups is 1. The highest BCUT2D eigenvalue weighted by Crippen LogP contribution is 2.44. The Morgan fingerprint density at radius 3 is 2.55 bits per heavy atom. The molecule has 0 saturated heterocycles. The second-order valence-electron chi connectivity index (χ2n) is 5.44. The summed E-state index contributed by atoms with van der Waals surface area (Å²) in [7, 11) is 0. The normalized spacial score (nSPS) is 16.8. The van der Waals surface area contributed by atoms with E-state index in [1.807, 2.05) is 6.92 Å². The first-order valence-corrected chi connectivity index (χ1v) is 7.95. The number of hydrogen-bond donors (Lipinski definition) is 1. The number of nitrogens with zero attached hydrogens (tertiary/aromatic N) is 2.